The van der Waals surface area contributed by atoms with Gasteiger partial charge in [-0.1, -0.05) is 49.4 Å². The van der Waals surface area contributed by atoms with Crippen LogP contribution >= 0.6 is 0 Å². The molecule has 2 aromatic carbocycles. The van der Waals surface area contributed by atoms with E-state index in [-0.39, 0.29) is 5.91 Å². The Morgan fingerprint density at radius 3 is 2.39 bits per heavy atom. The average Bonchev–Trinajstić information content (AvgIpc) is 3.18. The van der Waals surface area contributed by atoms with Gasteiger partial charge in [0.05, 0.1) is 0 Å². The number of amides is 1. The summed E-state index contributed by atoms with van der Waals surface area (Å²) in [4.78, 5) is 15.1. The fourth-order valence-electron chi connectivity index (χ4n) is 5.04. The molecule has 0 spiro atoms. The normalized spacial score (nSPS) is 20.8. The molecule has 0 saturated carbocycles. The molecule has 4 rings (SSSR count). The molecule has 0 bridgehead atoms. The monoisotopic (exact) mass is 376 g/mol. The molecule has 2 unspecified atom stereocenters. The van der Waals surface area contributed by atoms with Crippen LogP contribution in [0.2, 0.25) is 0 Å². The minimum absolute atomic E-state index is 0.188. The number of carbonyl (C=O) groups is 1. The first-order valence-electron chi connectivity index (χ1n) is 10.9. The molecule has 0 radical (unpaired) electrons. The van der Waals surface area contributed by atoms with E-state index in [0.717, 1.165) is 37.9 Å². The molecular formula is C25H32N2O. The van der Waals surface area contributed by atoms with Crippen molar-refractivity contribution in [3.8, 4) is 0 Å². The van der Waals surface area contributed by atoms with E-state index < -0.39 is 0 Å². The van der Waals surface area contributed by atoms with Crippen LogP contribution in [0.25, 0.3) is 0 Å². The summed E-state index contributed by atoms with van der Waals surface area (Å²) in [6.45, 7) is 4.07. The zero-order valence-electron chi connectivity index (χ0n) is 16.9. The van der Waals surface area contributed by atoms with Gasteiger partial charge in [-0.15, -0.1) is 0 Å². The van der Waals surface area contributed by atoms with Crippen LogP contribution in [0.5, 0.6) is 0 Å². The van der Waals surface area contributed by atoms with Crippen molar-refractivity contribution in [1.29, 1.82) is 0 Å². The van der Waals surface area contributed by atoms with E-state index in [2.05, 4.69) is 41.4 Å². The highest BCUT2D eigenvalue weighted by Crippen LogP contribution is 2.30. The van der Waals surface area contributed by atoms with Crippen LogP contribution in [0.1, 0.15) is 54.1 Å². The van der Waals surface area contributed by atoms with Crippen LogP contribution < -0.4 is 5.32 Å². The summed E-state index contributed by atoms with van der Waals surface area (Å²) >= 11 is 0. The summed E-state index contributed by atoms with van der Waals surface area (Å²) in [7, 11) is 0. The third kappa shape index (κ3) is 4.15. The molecule has 1 heterocycles. The van der Waals surface area contributed by atoms with Crippen molar-refractivity contribution in [3.05, 3.63) is 71.3 Å². The Labute approximate surface area is 169 Å². The minimum atomic E-state index is 0.188. The third-order valence-electron chi connectivity index (χ3n) is 6.62. The average molecular weight is 377 g/mol. The third-order valence-corrected chi connectivity index (χ3v) is 6.62. The smallest absolute Gasteiger partial charge is 0.254 e. The van der Waals surface area contributed by atoms with Crippen LogP contribution in [-0.4, -0.2) is 36.0 Å². The van der Waals surface area contributed by atoms with Crippen molar-refractivity contribution < 1.29 is 4.79 Å². The Balaban J connectivity index is 1.38. The van der Waals surface area contributed by atoms with Gasteiger partial charge in [0.1, 0.15) is 0 Å². The van der Waals surface area contributed by atoms with Gasteiger partial charge in [-0.3, -0.25) is 4.79 Å². The van der Waals surface area contributed by atoms with E-state index in [1.807, 2.05) is 30.3 Å². The molecule has 3 heteroatoms. The quantitative estimate of drug-likeness (QED) is 0.807. The topological polar surface area (TPSA) is 32.3 Å². The van der Waals surface area contributed by atoms with Crippen LogP contribution in [0.3, 0.4) is 0 Å². The Hall–Kier alpha value is -2.13. The highest BCUT2D eigenvalue weighted by molar-refractivity contribution is 5.94. The molecule has 148 valence electrons. The molecule has 3 nitrogen and oxygen atoms in total. The molecule has 2 atom stereocenters. The number of nitrogens with one attached hydrogen (secondary N) is 1. The number of piperidine rings is 1. The van der Waals surface area contributed by atoms with Gasteiger partial charge >= 0.3 is 0 Å². The first kappa shape index (κ1) is 19.2. The van der Waals surface area contributed by atoms with Gasteiger partial charge in [-0.05, 0) is 67.7 Å². The number of hydrogen-bond donors (Lipinski definition) is 1. The van der Waals surface area contributed by atoms with Gasteiger partial charge in [0, 0.05) is 30.7 Å². The largest absolute Gasteiger partial charge is 0.334 e. The van der Waals surface area contributed by atoms with Crippen molar-refractivity contribution in [2.24, 2.45) is 5.92 Å². The molecule has 1 aliphatic heterocycles. The van der Waals surface area contributed by atoms with Crippen LogP contribution in [0.15, 0.2) is 54.6 Å². The highest BCUT2D eigenvalue weighted by Gasteiger charge is 2.31. The fraction of sp³-hybridized carbons (Fsp3) is 0.480. The second-order valence-electron chi connectivity index (χ2n) is 8.37. The van der Waals surface area contributed by atoms with Gasteiger partial charge < -0.3 is 10.2 Å². The fourth-order valence-corrected chi connectivity index (χ4v) is 5.04. The van der Waals surface area contributed by atoms with Crippen molar-refractivity contribution in [2.75, 3.05) is 13.1 Å². The zero-order chi connectivity index (χ0) is 19.3. The lowest BCUT2D eigenvalue weighted by Gasteiger charge is -2.37. The Bertz CT molecular complexity index is 763. The van der Waals surface area contributed by atoms with Crippen LogP contribution in [0.4, 0.5) is 0 Å². The molecular weight excluding hydrogens is 344 g/mol. The van der Waals surface area contributed by atoms with Crippen molar-refractivity contribution in [3.63, 3.8) is 0 Å². The van der Waals surface area contributed by atoms with E-state index >= 15 is 0 Å². The molecule has 2 aromatic rings. The molecule has 1 fully saturated rings. The first-order valence-corrected chi connectivity index (χ1v) is 10.9. The Morgan fingerprint density at radius 1 is 1.04 bits per heavy atom. The molecule has 2 aliphatic rings. The summed E-state index contributed by atoms with van der Waals surface area (Å²) < 4.78 is 0. The maximum atomic E-state index is 13.0. The Kier molecular flexibility index (Phi) is 6.11. The van der Waals surface area contributed by atoms with Gasteiger partial charge in [0.15, 0.2) is 0 Å². The van der Waals surface area contributed by atoms with E-state index in [0.29, 0.717) is 18.0 Å². The number of carbonyl (C=O) groups excluding carboxylic acids is 1. The van der Waals surface area contributed by atoms with Gasteiger partial charge in [-0.25, -0.2) is 0 Å². The number of nitrogens with zero attached hydrogens (tertiary/aromatic N) is 1. The second-order valence-corrected chi connectivity index (χ2v) is 8.37. The van der Waals surface area contributed by atoms with Gasteiger partial charge in [0.25, 0.3) is 5.91 Å². The predicted molar refractivity (Wildman–Crippen MR) is 115 cm³/mol. The summed E-state index contributed by atoms with van der Waals surface area (Å²) in [5.74, 6) is 0.859. The summed E-state index contributed by atoms with van der Waals surface area (Å²) in [5.41, 5.74) is 3.85. The maximum Gasteiger partial charge on any atom is 0.254 e. The SMILES string of the molecule is CCC(NCC1CCCCN1C(=O)c1ccccc1)C1Cc2ccccc2C1. The number of fused-ring (bicyclic) bond motifs is 1. The van der Waals surface area contributed by atoms with E-state index in [9.17, 15) is 4.79 Å². The highest BCUT2D eigenvalue weighted by atomic mass is 16.2. The molecule has 1 aliphatic carbocycles. The molecule has 1 N–H and O–H groups in total. The number of benzene rings is 2. The lowest BCUT2D eigenvalue weighted by Crippen LogP contribution is -2.51. The standard InChI is InChI=1S/C25H32N2O/c1-2-24(22-16-20-12-6-7-13-21(20)17-22)26-18-23-14-8-9-15-27(23)25(28)19-10-4-3-5-11-19/h3-7,10-13,22-24,26H,2,8-9,14-18H2,1H3. The van der Waals surface area contributed by atoms with Crippen LogP contribution in [-0.2, 0) is 12.8 Å². The van der Waals surface area contributed by atoms with Crippen molar-refractivity contribution >= 4 is 5.91 Å². The zero-order valence-corrected chi connectivity index (χ0v) is 16.9. The van der Waals surface area contributed by atoms with E-state index in [4.69, 9.17) is 0 Å². The van der Waals surface area contributed by atoms with Gasteiger partial charge in [0.2, 0.25) is 0 Å². The number of rotatable bonds is 6. The van der Waals surface area contributed by atoms with Gasteiger partial charge in [-0.2, -0.15) is 0 Å². The summed E-state index contributed by atoms with van der Waals surface area (Å²) in [6, 6.07) is 19.4. The van der Waals surface area contributed by atoms with Crippen LogP contribution in [0, 0.1) is 5.92 Å². The maximum absolute atomic E-state index is 13.0. The second kappa shape index (κ2) is 8.91. The summed E-state index contributed by atoms with van der Waals surface area (Å²) in [5, 5.41) is 3.86. The lowest BCUT2D eigenvalue weighted by atomic mass is 9.93. The molecule has 0 aromatic heterocycles. The molecule has 1 saturated heterocycles. The van der Waals surface area contributed by atoms with E-state index in [1.54, 1.807) is 0 Å². The number of hydrogen-bond acceptors (Lipinski definition) is 2. The number of likely N-dealkylation sites (tertiary alicyclic amines) is 1. The lowest BCUT2D eigenvalue weighted by molar-refractivity contribution is 0.0605. The first-order chi connectivity index (χ1) is 13.8. The molecule has 28 heavy (non-hydrogen) atoms. The van der Waals surface area contributed by atoms with Crippen molar-refractivity contribution in [2.45, 2.75) is 57.5 Å². The van der Waals surface area contributed by atoms with Crippen molar-refractivity contribution in [1.82, 2.24) is 10.2 Å². The predicted octanol–water partition coefficient (Wildman–Crippen LogP) is 4.46. The minimum Gasteiger partial charge on any atom is -0.334 e. The molecule has 1 amide bonds. The summed E-state index contributed by atoms with van der Waals surface area (Å²) in [6.07, 6.45) is 6.93. The Morgan fingerprint density at radius 2 is 1.71 bits per heavy atom. The van der Waals surface area contributed by atoms with E-state index in [1.165, 1.54) is 30.4 Å².